The highest BCUT2D eigenvalue weighted by Crippen LogP contribution is 2.60. The first kappa shape index (κ1) is 32.0. The first-order valence-electron chi connectivity index (χ1n) is 15.6. The summed E-state index contributed by atoms with van der Waals surface area (Å²) in [4.78, 5) is 28.9. The van der Waals surface area contributed by atoms with Crippen LogP contribution in [0.3, 0.4) is 0 Å². The van der Waals surface area contributed by atoms with E-state index < -0.39 is 31.6 Å². The lowest BCUT2D eigenvalue weighted by Crippen LogP contribution is -2.45. The van der Waals surface area contributed by atoms with Crippen molar-refractivity contribution in [1.82, 2.24) is 20.3 Å². The van der Waals surface area contributed by atoms with Gasteiger partial charge in [0.2, 0.25) is 14.3 Å². The first-order chi connectivity index (χ1) is 21.5. The summed E-state index contributed by atoms with van der Waals surface area (Å²) < 4.78 is 25.5. The number of carbonyl (C=O) groups excluding carboxylic acids is 2. The fourth-order valence-electron chi connectivity index (χ4n) is 7.40. The van der Waals surface area contributed by atoms with E-state index in [0.29, 0.717) is 37.3 Å². The smallest absolute Gasteiger partial charge is 0.264 e. The van der Waals surface area contributed by atoms with Gasteiger partial charge in [0.25, 0.3) is 5.91 Å². The number of anilines is 2. The van der Waals surface area contributed by atoms with Crippen molar-refractivity contribution in [2.75, 3.05) is 23.4 Å². The second-order valence-electron chi connectivity index (χ2n) is 12.9. The van der Waals surface area contributed by atoms with E-state index in [4.69, 9.17) is 4.74 Å². The van der Waals surface area contributed by atoms with E-state index in [1.54, 1.807) is 28.9 Å². The Hall–Kier alpha value is -2.97. The molecule has 2 amide bonds. The summed E-state index contributed by atoms with van der Waals surface area (Å²) in [7, 11) is -3.30. The number of aliphatic hydroxyl groups is 1. The molecule has 1 spiro atoms. The number of fused-ring (bicyclic) bond motifs is 2. The highest BCUT2D eigenvalue weighted by atomic mass is 79.9. The van der Waals surface area contributed by atoms with Crippen molar-refractivity contribution in [3.8, 4) is 0 Å². The van der Waals surface area contributed by atoms with Crippen molar-refractivity contribution in [2.45, 2.75) is 82.1 Å². The van der Waals surface area contributed by atoms with Gasteiger partial charge in [-0.3, -0.25) is 14.3 Å². The van der Waals surface area contributed by atoms with Crippen molar-refractivity contribution in [2.24, 2.45) is 5.92 Å². The number of benzene rings is 2. The zero-order valence-electron chi connectivity index (χ0n) is 25.8. The number of hydrogen-bond donors (Lipinski definition) is 3. The molecular weight excluding hydrogens is 659 g/mol. The molecule has 2 fully saturated rings. The summed E-state index contributed by atoms with van der Waals surface area (Å²) in [6, 6.07) is 13.1. The van der Waals surface area contributed by atoms with Crippen LogP contribution in [-0.4, -0.2) is 65.6 Å². The van der Waals surface area contributed by atoms with Crippen LogP contribution in [0.25, 0.3) is 0 Å². The van der Waals surface area contributed by atoms with E-state index in [2.05, 4.69) is 36.9 Å². The number of aromatic nitrogens is 3. The molecule has 1 aromatic heterocycles. The molecule has 0 bridgehead atoms. The Balaban J connectivity index is 1.26. The molecule has 10 nitrogen and oxygen atoms in total. The minimum absolute atomic E-state index is 0.0133. The molecule has 6 rings (SSSR count). The molecule has 3 aromatic rings. The van der Waals surface area contributed by atoms with Gasteiger partial charge in [0.05, 0.1) is 30.1 Å². The third-order valence-electron chi connectivity index (χ3n) is 9.46. The average Bonchev–Trinajstić information content (AvgIpc) is 3.78. The number of aliphatic hydroxyl groups excluding tert-OH is 1. The quantitative estimate of drug-likeness (QED) is 0.208. The Morgan fingerprint density at radius 2 is 2.04 bits per heavy atom. The van der Waals surface area contributed by atoms with Crippen LogP contribution in [0.15, 0.2) is 53.1 Å². The standard InChI is InChI=1S/C32H40BrFN6O4Si/c1-20-29(45(2,3)34)28(12-15-39-19-24(13-16-41)37-38-39)44-32(20)25-17-22(33)8-11-27(25)40(31(32)43)18-21-6-9-23(10-7-21)36-30(42)26-5-4-14-35-26/h6-11,17,19-20,26,28-29,35,41H,4-5,12-16,18H2,1-3H3,(H,36,42)/t20-,26+,28+,29-,32+/m0/s1. The van der Waals surface area contributed by atoms with Crippen LogP contribution in [0, 0.1) is 5.92 Å². The maximum Gasteiger partial charge on any atom is 0.264 e. The number of nitrogens with zero attached hydrogens (tertiary/aromatic N) is 4. The van der Waals surface area contributed by atoms with Gasteiger partial charge in [0.1, 0.15) is 0 Å². The molecule has 0 radical (unpaired) electrons. The summed E-state index contributed by atoms with van der Waals surface area (Å²) in [6.45, 7) is 6.94. The summed E-state index contributed by atoms with van der Waals surface area (Å²) in [5, 5.41) is 23.7. The van der Waals surface area contributed by atoms with Gasteiger partial charge < -0.3 is 29.5 Å². The maximum absolute atomic E-state index is 16.1. The number of amides is 2. The minimum atomic E-state index is -3.30. The zero-order valence-corrected chi connectivity index (χ0v) is 28.4. The summed E-state index contributed by atoms with van der Waals surface area (Å²) in [6.07, 6.45) is 3.99. The summed E-state index contributed by atoms with van der Waals surface area (Å²) in [5.74, 6) is -0.631. The van der Waals surface area contributed by atoms with Crippen molar-refractivity contribution < 1.29 is 23.5 Å². The third-order valence-corrected chi connectivity index (χ3v) is 12.4. The zero-order chi connectivity index (χ0) is 31.9. The molecule has 240 valence electrons. The van der Waals surface area contributed by atoms with Crippen LogP contribution in [-0.2, 0) is 39.4 Å². The summed E-state index contributed by atoms with van der Waals surface area (Å²) in [5.41, 5.74) is 2.04. The lowest BCUT2D eigenvalue weighted by Gasteiger charge is -2.31. The Kier molecular flexibility index (Phi) is 9.01. The van der Waals surface area contributed by atoms with E-state index in [0.717, 1.165) is 40.7 Å². The fourth-order valence-corrected chi connectivity index (χ4v) is 10.3. The van der Waals surface area contributed by atoms with Crippen LogP contribution in [0.5, 0.6) is 0 Å². The van der Waals surface area contributed by atoms with Gasteiger partial charge in [-0.2, -0.15) is 0 Å². The maximum atomic E-state index is 16.1. The Morgan fingerprint density at radius 1 is 1.27 bits per heavy atom. The number of ether oxygens (including phenoxy) is 1. The topological polar surface area (TPSA) is 122 Å². The van der Waals surface area contributed by atoms with Crippen LogP contribution >= 0.6 is 15.9 Å². The number of halogens is 2. The van der Waals surface area contributed by atoms with Crippen LogP contribution in [0.1, 0.15) is 43.0 Å². The molecule has 5 atom stereocenters. The highest BCUT2D eigenvalue weighted by Gasteiger charge is 2.66. The van der Waals surface area contributed by atoms with Crippen molar-refractivity contribution in [1.29, 1.82) is 0 Å². The van der Waals surface area contributed by atoms with E-state index >= 15 is 4.11 Å². The van der Waals surface area contributed by atoms with E-state index in [1.807, 2.05) is 49.4 Å². The van der Waals surface area contributed by atoms with Crippen LogP contribution in [0.2, 0.25) is 18.6 Å². The molecule has 3 aliphatic heterocycles. The molecule has 4 heterocycles. The number of carbonyl (C=O) groups is 2. The second-order valence-corrected chi connectivity index (χ2v) is 17.6. The number of nitrogens with one attached hydrogen (secondary N) is 2. The second kappa shape index (κ2) is 12.7. The molecule has 0 saturated carbocycles. The van der Waals surface area contributed by atoms with Crippen LogP contribution in [0.4, 0.5) is 15.5 Å². The van der Waals surface area contributed by atoms with Crippen molar-refractivity contribution >= 4 is 47.5 Å². The van der Waals surface area contributed by atoms with Gasteiger partial charge in [-0.15, -0.1) is 5.10 Å². The van der Waals surface area contributed by atoms with E-state index in [-0.39, 0.29) is 24.5 Å². The van der Waals surface area contributed by atoms with E-state index in [1.165, 1.54) is 0 Å². The van der Waals surface area contributed by atoms with Gasteiger partial charge in [0, 0.05) is 53.0 Å². The molecule has 45 heavy (non-hydrogen) atoms. The monoisotopic (exact) mass is 698 g/mol. The predicted octanol–water partition coefficient (Wildman–Crippen LogP) is 4.68. The Bertz CT molecular complexity index is 1560. The molecule has 2 aromatic carbocycles. The van der Waals surface area contributed by atoms with E-state index in [9.17, 15) is 14.7 Å². The summed E-state index contributed by atoms with van der Waals surface area (Å²) >= 11 is 3.59. The number of rotatable bonds is 10. The van der Waals surface area contributed by atoms with Gasteiger partial charge in [-0.05, 0) is 74.8 Å². The molecule has 13 heteroatoms. The third kappa shape index (κ3) is 6.12. The average molecular weight is 700 g/mol. The lowest BCUT2D eigenvalue weighted by molar-refractivity contribution is -0.146. The van der Waals surface area contributed by atoms with Gasteiger partial charge in [-0.1, -0.05) is 40.2 Å². The lowest BCUT2D eigenvalue weighted by atomic mass is 9.82. The minimum Gasteiger partial charge on any atom is -0.396 e. The van der Waals surface area contributed by atoms with Gasteiger partial charge in [0.15, 0.2) is 5.60 Å². The Morgan fingerprint density at radius 3 is 2.73 bits per heavy atom. The highest BCUT2D eigenvalue weighted by molar-refractivity contribution is 9.10. The molecule has 3 N–H and O–H groups in total. The first-order valence-corrected chi connectivity index (χ1v) is 19.4. The number of hydrogen-bond acceptors (Lipinski definition) is 7. The fraction of sp³-hybridized carbons (Fsp3) is 0.500. The number of aryl methyl sites for hydroxylation is 1. The molecule has 0 aliphatic carbocycles. The molecule has 3 aliphatic rings. The largest absolute Gasteiger partial charge is 0.396 e. The van der Waals surface area contributed by atoms with Gasteiger partial charge >= 0.3 is 0 Å². The van der Waals surface area contributed by atoms with Crippen molar-refractivity contribution in [3.63, 3.8) is 0 Å². The molecule has 0 unspecified atom stereocenters. The Labute approximate surface area is 272 Å². The van der Waals surface area contributed by atoms with Gasteiger partial charge in [-0.25, -0.2) is 0 Å². The van der Waals surface area contributed by atoms with Crippen molar-refractivity contribution in [3.05, 3.63) is 70.0 Å². The predicted molar refractivity (Wildman–Crippen MR) is 175 cm³/mol. The molecule has 2 saturated heterocycles. The normalized spacial score (nSPS) is 26.2. The van der Waals surface area contributed by atoms with Crippen LogP contribution < -0.4 is 15.5 Å². The SMILES string of the molecule is C[C@H]1[C@H]([Si](C)(C)F)[C@@H](CCn2cc(CCO)nn2)O[C@]12C(=O)N(Cc1ccc(NC(=O)[C@H]3CCCN3)cc1)c1ccc(Br)cc12. The molecular formula is C32H40BrFN6O4Si.